The lowest BCUT2D eigenvalue weighted by atomic mass is 10.1. The molecule has 0 aliphatic carbocycles. The Morgan fingerprint density at radius 1 is 1.19 bits per heavy atom. The lowest BCUT2D eigenvalue weighted by molar-refractivity contribution is 0.0793. The van der Waals surface area contributed by atoms with E-state index in [0.29, 0.717) is 33.6 Å². The number of likely N-dealkylation sites (tertiary alicyclic amines) is 1. The van der Waals surface area contributed by atoms with E-state index in [0.717, 1.165) is 25.9 Å². The van der Waals surface area contributed by atoms with Gasteiger partial charge in [0.25, 0.3) is 5.91 Å². The average Bonchev–Trinajstić information content (AvgIpc) is 3.23. The van der Waals surface area contributed by atoms with Crippen LogP contribution in [0.15, 0.2) is 48.7 Å². The van der Waals surface area contributed by atoms with Gasteiger partial charge in [-0.15, -0.1) is 0 Å². The lowest BCUT2D eigenvalue weighted by Crippen LogP contribution is -2.28. The molecular weight excluding hydrogens is 345 g/mol. The molecule has 2 aromatic carbocycles. The third-order valence-corrected chi connectivity index (χ3v) is 4.82. The summed E-state index contributed by atoms with van der Waals surface area (Å²) >= 11 is 0. The number of rotatable bonds is 4. The predicted octanol–water partition coefficient (Wildman–Crippen LogP) is 4.36. The van der Waals surface area contributed by atoms with Crippen LogP contribution in [-0.4, -0.2) is 36.0 Å². The van der Waals surface area contributed by atoms with E-state index in [2.05, 4.69) is 10.3 Å². The van der Waals surface area contributed by atoms with E-state index in [4.69, 9.17) is 4.74 Å². The van der Waals surface area contributed by atoms with Gasteiger partial charge in [0.15, 0.2) is 0 Å². The fourth-order valence-electron chi connectivity index (χ4n) is 3.43. The van der Waals surface area contributed by atoms with Crippen molar-refractivity contribution in [3.05, 3.63) is 60.0 Å². The first-order valence-electron chi connectivity index (χ1n) is 8.95. The Bertz CT molecular complexity index is 1000. The van der Waals surface area contributed by atoms with Crippen LogP contribution in [0.5, 0.6) is 5.75 Å². The third kappa shape index (κ3) is 3.30. The minimum Gasteiger partial charge on any atom is -0.495 e. The van der Waals surface area contributed by atoms with Gasteiger partial charge in [-0.2, -0.15) is 0 Å². The number of halogens is 1. The number of aromatic nitrogens is 1. The molecule has 1 aromatic heterocycles. The topological polar surface area (TPSA) is 54.5 Å². The van der Waals surface area contributed by atoms with Crippen LogP contribution < -0.4 is 10.1 Å². The van der Waals surface area contributed by atoms with E-state index in [9.17, 15) is 9.18 Å². The molecule has 2 heterocycles. The summed E-state index contributed by atoms with van der Waals surface area (Å²) < 4.78 is 19.4. The number of benzene rings is 2. The molecule has 27 heavy (non-hydrogen) atoms. The Labute approximate surface area is 156 Å². The van der Waals surface area contributed by atoms with Gasteiger partial charge in [-0.05, 0) is 43.2 Å². The van der Waals surface area contributed by atoms with Gasteiger partial charge in [-0.25, -0.2) is 4.39 Å². The number of carbonyl (C=O) groups excluding carboxylic acids is 1. The average molecular weight is 365 g/mol. The Morgan fingerprint density at radius 3 is 2.74 bits per heavy atom. The van der Waals surface area contributed by atoms with Gasteiger partial charge in [0.2, 0.25) is 0 Å². The van der Waals surface area contributed by atoms with Crippen molar-refractivity contribution in [2.24, 2.45) is 0 Å². The van der Waals surface area contributed by atoms with Gasteiger partial charge < -0.3 is 15.0 Å². The largest absolute Gasteiger partial charge is 0.495 e. The van der Waals surface area contributed by atoms with Gasteiger partial charge >= 0.3 is 0 Å². The monoisotopic (exact) mass is 365 g/mol. The van der Waals surface area contributed by atoms with Crippen molar-refractivity contribution in [1.82, 2.24) is 9.88 Å². The maximum Gasteiger partial charge on any atom is 0.257 e. The van der Waals surface area contributed by atoms with Crippen LogP contribution >= 0.6 is 0 Å². The summed E-state index contributed by atoms with van der Waals surface area (Å²) in [6.45, 7) is 1.46. The second-order valence-corrected chi connectivity index (χ2v) is 6.53. The molecule has 1 aliphatic heterocycles. The zero-order valence-corrected chi connectivity index (χ0v) is 15.0. The number of amides is 1. The van der Waals surface area contributed by atoms with Crippen molar-refractivity contribution < 1.29 is 13.9 Å². The molecule has 0 atom stereocenters. The van der Waals surface area contributed by atoms with Gasteiger partial charge in [-0.3, -0.25) is 9.78 Å². The molecule has 4 rings (SSSR count). The second kappa shape index (κ2) is 7.23. The number of hydrogen-bond donors (Lipinski definition) is 1. The highest BCUT2D eigenvalue weighted by atomic mass is 19.1. The summed E-state index contributed by atoms with van der Waals surface area (Å²) in [5.41, 5.74) is 2.29. The molecule has 0 saturated carbocycles. The molecule has 3 aromatic rings. The van der Waals surface area contributed by atoms with Crippen molar-refractivity contribution in [3.63, 3.8) is 0 Å². The number of ether oxygens (including phenoxy) is 1. The smallest absolute Gasteiger partial charge is 0.257 e. The number of fused-ring (bicyclic) bond motifs is 1. The fourth-order valence-corrected chi connectivity index (χ4v) is 3.43. The molecule has 1 fully saturated rings. The molecule has 0 spiro atoms. The SMILES string of the molecule is COc1ccccc1Nc1c(C(=O)N2CCCC2)cnc2ccc(F)cc12. The van der Waals surface area contributed by atoms with Crippen LogP contribution in [0.4, 0.5) is 15.8 Å². The van der Waals surface area contributed by atoms with Gasteiger partial charge in [-0.1, -0.05) is 12.1 Å². The summed E-state index contributed by atoms with van der Waals surface area (Å²) in [5, 5.41) is 3.85. The lowest BCUT2D eigenvalue weighted by Gasteiger charge is -2.20. The molecule has 6 heteroatoms. The number of anilines is 2. The van der Waals surface area contributed by atoms with Crippen molar-refractivity contribution in [2.45, 2.75) is 12.8 Å². The van der Waals surface area contributed by atoms with Crippen molar-refractivity contribution >= 4 is 28.2 Å². The van der Waals surface area contributed by atoms with E-state index < -0.39 is 0 Å². The van der Waals surface area contributed by atoms with Crippen LogP contribution in [-0.2, 0) is 0 Å². The van der Waals surface area contributed by atoms with Crippen LogP contribution in [0.2, 0.25) is 0 Å². The molecule has 0 unspecified atom stereocenters. The fraction of sp³-hybridized carbons (Fsp3) is 0.238. The van der Waals surface area contributed by atoms with Crippen molar-refractivity contribution in [2.75, 3.05) is 25.5 Å². The van der Waals surface area contributed by atoms with E-state index in [1.54, 1.807) is 19.4 Å². The summed E-state index contributed by atoms with van der Waals surface area (Å²) in [6, 6.07) is 11.8. The molecule has 138 valence electrons. The van der Waals surface area contributed by atoms with Crippen LogP contribution in [0, 0.1) is 5.82 Å². The van der Waals surface area contributed by atoms with E-state index in [1.165, 1.54) is 12.1 Å². The predicted molar refractivity (Wildman–Crippen MR) is 103 cm³/mol. The highest BCUT2D eigenvalue weighted by Crippen LogP contribution is 2.34. The Hall–Kier alpha value is -3.15. The summed E-state index contributed by atoms with van der Waals surface area (Å²) in [4.78, 5) is 19.3. The number of carbonyl (C=O) groups is 1. The molecule has 5 nitrogen and oxygen atoms in total. The highest BCUT2D eigenvalue weighted by molar-refractivity contribution is 6.08. The van der Waals surface area contributed by atoms with Crippen LogP contribution in [0.25, 0.3) is 10.9 Å². The molecule has 1 amide bonds. The first-order chi connectivity index (χ1) is 13.2. The number of pyridine rings is 1. The number of nitrogens with zero attached hydrogens (tertiary/aromatic N) is 2. The normalized spacial score (nSPS) is 13.8. The van der Waals surface area contributed by atoms with Crippen molar-refractivity contribution in [3.8, 4) is 5.75 Å². The zero-order valence-electron chi connectivity index (χ0n) is 15.0. The van der Waals surface area contributed by atoms with E-state index in [1.807, 2.05) is 29.2 Å². The molecule has 0 bridgehead atoms. The first kappa shape index (κ1) is 17.3. The number of hydrogen-bond acceptors (Lipinski definition) is 4. The van der Waals surface area contributed by atoms with Crippen LogP contribution in [0.1, 0.15) is 23.2 Å². The number of para-hydroxylation sites is 2. The minimum atomic E-state index is -0.377. The Balaban J connectivity index is 1.87. The summed E-state index contributed by atoms with van der Waals surface area (Å²) in [6.07, 6.45) is 3.56. The molecule has 1 saturated heterocycles. The van der Waals surface area contributed by atoms with Gasteiger partial charge in [0.1, 0.15) is 11.6 Å². The van der Waals surface area contributed by atoms with Gasteiger partial charge in [0, 0.05) is 24.7 Å². The Kier molecular flexibility index (Phi) is 4.62. The Morgan fingerprint density at radius 2 is 1.96 bits per heavy atom. The number of methoxy groups -OCH3 is 1. The van der Waals surface area contributed by atoms with E-state index >= 15 is 0 Å². The minimum absolute atomic E-state index is 0.0939. The standard InChI is InChI=1S/C21H20FN3O2/c1-27-19-7-3-2-6-18(19)24-20-15-12-14(22)8-9-17(15)23-13-16(20)21(26)25-10-4-5-11-25/h2-3,6-9,12-13H,4-5,10-11H2,1H3,(H,23,24). The molecular formula is C21H20FN3O2. The molecule has 1 N–H and O–H groups in total. The summed E-state index contributed by atoms with van der Waals surface area (Å²) in [7, 11) is 1.58. The third-order valence-electron chi connectivity index (χ3n) is 4.82. The zero-order chi connectivity index (χ0) is 18.8. The van der Waals surface area contributed by atoms with Gasteiger partial charge in [0.05, 0.1) is 29.6 Å². The van der Waals surface area contributed by atoms with Crippen molar-refractivity contribution in [1.29, 1.82) is 0 Å². The first-order valence-corrected chi connectivity index (χ1v) is 8.95. The van der Waals surface area contributed by atoms with E-state index in [-0.39, 0.29) is 11.7 Å². The second-order valence-electron chi connectivity index (χ2n) is 6.53. The highest BCUT2D eigenvalue weighted by Gasteiger charge is 2.24. The summed E-state index contributed by atoms with van der Waals surface area (Å²) in [5.74, 6) is 0.167. The maximum atomic E-state index is 14.0. The molecule has 0 radical (unpaired) electrons. The quantitative estimate of drug-likeness (QED) is 0.746. The van der Waals surface area contributed by atoms with Crippen LogP contribution in [0.3, 0.4) is 0 Å². The molecule has 1 aliphatic rings. The number of nitrogens with one attached hydrogen (secondary N) is 1. The maximum absolute atomic E-state index is 14.0.